The average Bonchev–Trinajstić information content (AvgIpc) is 2.64. The number of allylic oxidation sites excluding steroid dienone is 1. The number of furan rings is 1. The lowest BCUT2D eigenvalue weighted by Crippen LogP contribution is -2.10. The maximum atomic E-state index is 11.6. The van der Waals surface area contributed by atoms with Crippen molar-refractivity contribution in [3.63, 3.8) is 0 Å². The number of rotatable bonds is 1. The molecule has 1 heterocycles. The van der Waals surface area contributed by atoms with Crippen LogP contribution in [0, 0.1) is 6.92 Å². The van der Waals surface area contributed by atoms with Crippen LogP contribution in [-0.2, 0) is 4.79 Å². The van der Waals surface area contributed by atoms with Gasteiger partial charge in [-0.05, 0) is 32.3 Å². The average molecular weight is 206 g/mol. The van der Waals surface area contributed by atoms with Crippen molar-refractivity contribution < 1.29 is 14.3 Å². The molecule has 3 heteroatoms. The Kier molecular flexibility index (Phi) is 2.62. The van der Waals surface area contributed by atoms with Crippen molar-refractivity contribution in [2.75, 3.05) is 0 Å². The number of carbonyl (C=O) groups excluding carboxylic acids is 1. The van der Waals surface area contributed by atoms with Crippen molar-refractivity contribution in [1.82, 2.24) is 0 Å². The molecule has 0 spiro atoms. The molecule has 3 nitrogen and oxygen atoms in total. The maximum absolute atomic E-state index is 11.6. The van der Waals surface area contributed by atoms with Crippen molar-refractivity contribution in [2.45, 2.75) is 32.6 Å². The molecule has 0 aromatic carbocycles. The third-order valence-electron chi connectivity index (χ3n) is 2.82. The van der Waals surface area contributed by atoms with Gasteiger partial charge in [0, 0.05) is 12.0 Å². The molecule has 0 radical (unpaired) electrons. The number of Topliss-reactive ketones (excluding diaryl/α,β-unsaturated/α-hetero) is 1. The van der Waals surface area contributed by atoms with Crippen molar-refractivity contribution in [1.29, 1.82) is 0 Å². The Morgan fingerprint density at radius 1 is 1.40 bits per heavy atom. The zero-order valence-corrected chi connectivity index (χ0v) is 8.75. The standard InChI is InChI=1S/C12H14O3/c1-8-9(6-7-15-8)12(14)10-4-2-3-5-11(10)13/h6-7,14H,2-5H2,1H3. The molecular weight excluding hydrogens is 192 g/mol. The van der Waals surface area contributed by atoms with Gasteiger partial charge in [-0.1, -0.05) is 0 Å². The number of aliphatic hydroxyl groups is 1. The number of ketones is 1. The molecule has 80 valence electrons. The van der Waals surface area contributed by atoms with Crippen molar-refractivity contribution >= 4 is 11.5 Å². The van der Waals surface area contributed by atoms with Gasteiger partial charge in [0.2, 0.25) is 0 Å². The number of aliphatic hydroxyl groups excluding tert-OH is 1. The van der Waals surface area contributed by atoms with Crippen LogP contribution in [0.4, 0.5) is 0 Å². The fraction of sp³-hybridized carbons (Fsp3) is 0.417. The highest BCUT2D eigenvalue weighted by molar-refractivity contribution is 6.01. The van der Waals surface area contributed by atoms with Gasteiger partial charge in [-0.15, -0.1) is 0 Å². The van der Waals surface area contributed by atoms with E-state index in [1.54, 1.807) is 13.0 Å². The lowest BCUT2D eigenvalue weighted by atomic mass is 9.91. The van der Waals surface area contributed by atoms with Crippen LogP contribution in [0.3, 0.4) is 0 Å². The molecule has 1 aliphatic carbocycles. The largest absolute Gasteiger partial charge is 0.507 e. The summed E-state index contributed by atoms with van der Waals surface area (Å²) in [6, 6.07) is 1.69. The Hall–Kier alpha value is -1.51. The summed E-state index contributed by atoms with van der Waals surface area (Å²) >= 11 is 0. The maximum Gasteiger partial charge on any atom is 0.162 e. The molecule has 0 amide bonds. The lowest BCUT2D eigenvalue weighted by Gasteiger charge is -2.14. The third-order valence-corrected chi connectivity index (χ3v) is 2.82. The van der Waals surface area contributed by atoms with Crippen molar-refractivity contribution in [3.8, 4) is 0 Å². The van der Waals surface area contributed by atoms with Gasteiger partial charge in [0.1, 0.15) is 11.5 Å². The monoisotopic (exact) mass is 206 g/mol. The lowest BCUT2D eigenvalue weighted by molar-refractivity contribution is -0.116. The molecule has 1 aliphatic rings. The summed E-state index contributed by atoms with van der Waals surface area (Å²) in [5.74, 6) is 0.823. The van der Waals surface area contributed by atoms with E-state index in [4.69, 9.17) is 4.42 Å². The highest BCUT2D eigenvalue weighted by Gasteiger charge is 2.21. The zero-order valence-electron chi connectivity index (χ0n) is 8.75. The SMILES string of the molecule is Cc1occc1C(O)=C1CCCCC1=O. The van der Waals surface area contributed by atoms with E-state index >= 15 is 0 Å². The summed E-state index contributed by atoms with van der Waals surface area (Å²) in [4.78, 5) is 11.6. The zero-order chi connectivity index (χ0) is 10.8. The first kappa shape index (κ1) is 10.0. The topological polar surface area (TPSA) is 50.4 Å². The summed E-state index contributed by atoms with van der Waals surface area (Å²) in [6.45, 7) is 1.78. The summed E-state index contributed by atoms with van der Waals surface area (Å²) in [5, 5.41) is 9.98. The number of hydrogen-bond acceptors (Lipinski definition) is 3. The van der Waals surface area contributed by atoms with Crippen LogP contribution in [0.1, 0.15) is 37.0 Å². The van der Waals surface area contributed by atoms with Crippen LogP contribution in [-0.4, -0.2) is 10.9 Å². The normalized spacial score (nSPS) is 20.5. The molecule has 0 unspecified atom stereocenters. The van der Waals surface area contributed by atoms with Crippen LogP contribution < -0.4 is 0 Å². The predicted molar refractivity (Wildman–Crippen MR) is 56.5 cm³/mol. The molecule has 1 N–H and O–H groups in total. The minimum Gasteiger partial charge on any atom is -0.507 e. The summed E-state index contributed by atoms with van der Waals surface area (Å²) in [6.07, 6.45) is 4.66. The van der Waals surface area contributed by atoms with Crippen LogP contribution in [0.25, 0.3) is 5.76 Å². The molecule has 0 saturated heterocycles. The van der Waals surface area contributed by atoms with Gasteiger partial charge in [0.05, 0.1) is 11.8 Å². The quantitative estimate of drug-likeness (QED) is 0.567. The van der Waals surface area contributed by atoms with E-state index in [0.29, 0.717) is 29.7 Å². The first-order chi connectivity index (χ1) is 7.20. The highest BCUT2D eigenvalue weighted by atomic mass is 16.3. The van der Waals surface area contributed by atoms with E-state index in [1.165, 1.54) is 6.26 Å². The Balaban J connectivity index is 2.39. The minimum atomic E-state index is 0.0688. The molecule has 1 saturated carbocycles. The van der Waals surface area contributed by atoms with Crippen LogP contribution in [0.2, 0.25) is 0 Å². The van der Waals surface area contributed by atoms with Gasteiger partial charge in [-0.3, -0.25) is 4.79 Å². The van der Waals surface area contributed by atoms with Crippen LogP contribution in [0.15, 0.2) is 22.3 Å². The molecule has 0 aliphatic heterocycles. The van der Waals surface area contributed by atoms with Gasteiger partial charge in [-0.25, -0.2) is 0 Å². The molecule has 1 fully saturated rings. The molecule has 0 atom stereocenters. The molecule has 15 heavy (non-hydrogen) atoms. The van der Waals surface area contributed by atoms with Gasteiger partial charge in [0.15, 0.2) is 5.78 Å². The first-order valence-corrected chi connectivity index (χ1v) is 5.20. The molecule has 0 bridgehead atoms. The number of hydrogen-bond donors (Lipinski definition) is 1. The fourth-order valence-electron chi connectivity index (χ4n) is 1.92. The van der Waals surface area contributed by atoms with E-state index in [9.17, 15) is 9.90 Å². The second kappa shape index (κ2) is 3.93. The Morgan fingerprint density at radius 2 is 2.13 bits per heavy atom. The smallest absolute Gasteiger partial charge is 0.162 e. The van der Waals surface area contributed by atoms with E-state index in [1.807, 2.05) is 0 Å². The third kappa shape index (κ3) is 1.82. The summed E-state index contributed by atoms with van der Waals surface area (Å²) in [7, 11) is 0. The Labute approximate surface area is 88.4 Å². The van der Waals surface area contributed by atoms with E-state index in [-0.39, 0.29) is 11.5 Å². The molecule has 2 rings (SSSR count). The first-order valence-electron chi connectivity index (χ1n) is 5.20. The van der Waals surface area contributed by atoms with Crippen molar-refractivity contribution in [2.24, 2.45) is 0 Å². The molecular formula is C12H14O3. The molecule has 1 aromatic heterocycles. The Bertz CT molecular complexity index is 412. The predicted octanol–water partition coefficient (Wildman–Crippen LogP) is 3.00. The highest BCUT2D eigenvalue weighted by Crippen LogP contribution is 2.28. The summed E-state index contributed by atoms with van der Waals surface area (Å²) < 4.78 is 5.11. The summed E-state index contributed by atoms with van der Waals surface area (Å²) in [5.41, 5.74) is 1.20. The van der Waals surface area contributed by atoms with E-state index in [2.05, 4.69) is 0 Å². The second-order valence-corrected chi connectivity index (χ2v) is 3.85. The number of carbonyl (C=O) groups is 1. The second-order valence-electron chi connectivity index (χ2n) is 3.85. The minimum absolute atomic E-state index is 0.0688. The molecule has 1 aromatic rings. The van der Waals surface area contributed by atoms with Gasteiger partial charge in [-0.2, -0.15) is 0 Å². The van der Waals surface area contributed by atoms with E-state index < -0.39 is 0 Å². The Morgan fingerprint density at radius 3 is 2.73 bits per heavy atom. The number of aryl methyl sites for hydroxylation is 1. The van der Waals surface area contributed by atoms with Crippen LogP contribution in [0.5, 0.6) is 0 Å². The van der Waals surface area contributed by atoms with Crippen LogP contribution >= 0.6 is 0 Å². The van der Waals surface area contributed by atoms with Crippen molar-refractivity contribution in [3.05, 3.63) is 29.2 Å². The van der Waals surface area contributed by atoms with Gasteiger partial charge >= 0.3 is 0 Å². The fourth-order valence-corrected chi connectivity index (χ4v) is 1.92. The van der Waals surface area contributed by atoms with Gasteiger partial charge < -0.3 is 9.52 Å². The van der Waals surface area contributed by atoms with Gasteiger partial charge in [0.25, 0.3) is 0 Å². The van der Waals surface area contributed by atoms with E-state index in [0.717, 1.165) is 12.8 Å².